The summed E-state index contributed by atoms with van der Waals surface area (Å²) in [5.74, 6) is -0.365. The average molecular weight is 302 g/mol. The molecule has 0 amide bonds. The van der Waals surface area contributed by atoms with E-state index in [2.05, 4.69) is 0 Å². The highest BCUT2D eigenvalue weighted by Gasteiger charge is 2.08. The number of hydrogen-bond donors (Lipinski definition) is 3. The number of nitrogen functional groups attached to an aromatic ring is 2. The van der Waals surface area contributed by atoms with Crippen LogP contribution in [0.3, 0.4) is 0 Å². The number of ether oxygens (including phenoxy) is 1. The van der Waals surface area contributed by atoms with Crippen LogP contribution in [0, 0.1) is 0 Å². The second kappa shape index (κ2) is 9.41. The smallest absolute Gasteiger partial charge is 0.340 e. The molecule has 0 radical (unpaired) electrons. The normalized spacial score (nSPS) is 9.55. The van der Waals surface area contributed by atoms with Gasteiger partial charge in [0.15, 0.2) is 0 Å². The number of esters is 1. The van der Waals surface area contributed by atoms with Crippen molar-refractivity contribution in [2.24, 2.45) is 0 Å². The maximum absolute atomic E-state index is 11.2. The van der Waals surface area contributed by atoms with Crippen LogP contribution in [-0.2, 0) is 11.2 Å². The molecule has 2 aromatic carbocycles. The molecule has 0 aromatic heterocycles. The SMILES string of the molecule is CCOC(=O)c1ccccc1N.Nc1ccc(CCO)cc1. The summed E-state index contributed by atoms with van der Waals surface area (Å²) in [7, 11) is 0. The predicted molar refractivity (Wildman–Crippen MR) is 88.5 cm³/mol. The summed E-state index contributed by atoms with van der Waals surface area (Å²) in [6, 6.07) is 14.4. The summed E-state index contributed by atoms with van der Waals surface area (Å²) in [6.45, 7) is 2.33. The number of benzene rings is 2. The van der Waals surface area contributed by atoms with Gasteiger partial charge in [0, 0.05) is 18.0 Å². The molecule has 0 heterocycles. The lowest BCUT2D eigenvalue weighted by atomic mass is 10.1. The third-order valence-electron chi connectivity index (χ3n) is 2.84. The topological polar surface area (TPSA) is 98.6 Å². The van der Waals surface area contributed by atoms with Crippen molar-refractivity contribution in [1.82, 2.24) is 0 Å². The first-order valence-corrected chi connectivity index (χ1v) is 7.05. The number of carbonyl (C=O) groups excluding carboxylic acids is 1. The van der Waals surface area contributed by atoms with Crippen LogP contribution in [0.2, 0.25) is 0 Å². The Labute approximate surface area is 130 Å². The fourth-order valence-corrected chi connectivity index (χ4v) is 1.71. The van der Waals surface area contributed by atoms with Crippen LogP contribution in [0.25, 0.3) is 0 Å². The Bertz CT molecular complexity index is 583. The second-order valence-corrected chi connectivity index (χ2v) is 4.52. The molecule has 2 aromatic rings. The molecule has 118 valence electrons. The average Bonchev–Trinajstić information content (AvgIpc) is 2.51. The number of nitrogens with two attached hydrogens (primary N) is 2. The lowest BCUT2D eigenvalue weighted by Crippen LogP contribution is -2.07. The first-order valence-electron chi connectivity index (χ1n) is 7.05. The van der Waals surface area contributed by atoms with E-state index < -0.39 is 0 Å². The maximum atomic E-state index is 11.2. The van der Waals surface area contributed by atoms with Gasteiger partial charge in [-0.3, -0.25) is 0 Å². The van der Waals surface area contributed by atoms with Gasteiger partial charge < -0.3 is 21.3 Å². The van der Waals surface area contributed by atoms with Crippen LogP contribution in [0.4, 0.5) is 11.4 Å². The van der Waals surface area contributed by atoms with Crippen LogP contribution >= 0.6 is 0 Å². The molecular weight excluding hydrogens is 280 g/mol. The summed E-state index contributed by atoms with van der Waals surface area (Å²) in [5.41, 5.74) is 13.8. The van der Waals surface area contributed by atoms with Gasteiger partial charge in [0.05, 0.1) is 12.2 Å². The van der Waals surface area contributed by atoms with Crippen molar-refractivity contribution in [3.8, 4) is 0 Å². The van der Waals surface area contributed by atoms with Crippen LogP contribution in [-0.4, -0.2) is 24.3 Å². The van der Waals surface area contributed by atoms with E-state index in [-0.39, 0.29) is 12.6 Å². The monoisotopic (exact) mass is 302 g/mol. The molecule has 0 saturated heterocycles. The minimum Gasteiger partial charge on any atom is -0.462 e. The van der Waals surface area contributed by atoms with Gasteiger partial charge in [-0.1, -0.05) is 24.3 Å². The lowest BCUT2D eigenvalue weighted by Gasteiger charge is -2.03. The molecule has 0 atom stereocenters. The number of hydrogen-bond acceptors (Lipinski definition) is 5. The van der Waals surface area contributed by atoms with Gasteiger partial charge in [0.25, 0.3) is 0 Å². The highest BCUT2D eigenvalue weighted by atomic mass is 16.5. The predicted octanol–water partition coefficient (Wildman–Crippen LogP) is 2.25. The molecule has 0 saturated carbocycles. The largest absolute Gasteiger partial charge is 0.462 e. The molecule has 5 nitrogen and oxygen atoms in total. The summed E-state index contributed by atoms with van der Waals surface area (Å²) in [4.78, 5) is 11.2. The molecule has 22 heavy (non-hydrogen) atoms. The Balaban J connectivity index is 0.000000224. The van der Waals surface area contributed by atoms with E-state index in [1.807, 2.05) is 24.3 Å². The number of aliphatic hydroxyl groups excluding tert-OH is 1. The van der Waals surface area contributed by atoms with Crippen LogP contribution in [0.15, 0.2) is 48.5 Å². The van der Waals surface area contributed by atoms with Crippen LogP contribution in [0.5, 0.6) is 0 Å². The van der Waals surface area contributed by atoms with E-state index >= 15 is 0 Å². The molecule has 0 bridgehead atoms. The molecular formula is C17H22N2O3. The Morgan fingerprint density at radius 3 is 2.27 bits per heavy atom. The van der Waals surface area contributed by atoms with Gasteiger partial charge in [-0.25, -0.2) is 4.79 Å². The van der Waals surface area contributed by atoms with Gasteiger partial charge in [-0.15, -0.1) is 0 Å². The molecule has 0 aliphatic rings. The quantitative estimate of drug-likeness (QED) is 0.594. The van der Waals surface area contributed by atoms with Gasteiger partial charge in [-0.2, -0.15) is 0 Å². The third-order valence-corrected chi connectivity index (χ3v) is 2.84. The number of carbonyl (C=O) groups is 1. The van der Waals surface area contributed by atoms with Crippen molar-refractivity contribution in [3.05, 3.63) is 59.7 Å². The minimum absolute atomic E-state index is 0.198. The Kier molecular flexibility index (Phi) is 7.50. The summed E-state index contributed by atoms with van der Waals surface area (Å²) in [5, 5.41) is 8.56. The van der Waals surface area contributed by atoms with E-state index in [4.69, 9.17) is 21.3 Å². The summed E-state index contributed by atoms with van der Waals surface area (Å²) >= 11 is 0. The molecule has 5 heteroatoms. The van der Waals surface area contributed by atoms with Crippen LogP contribution < -0.4 is 11.5 Å². The Morgan fingerprint density at radius 2 is 1.73 bits per heavy atom. The zero-order valence-electron chi connectivity index (χ0n) is 12.7. The van der Waals surface area contributed by atoms with Crippen molar-refractivity contribution >= 4 is 17.3 Å². The second-order valence-electron chi connectivity index (χ2n) is 4.52. The zero-order chi connectivity index (χ0) is 16.4. The summed E-state index contributed by atoms with van der Waals surface area (Å²) < 4.78 is 4.79. The lowest BCUT2D eigenvalue weighted by molar-refractivity contribution is 0.0527. The number of aliphatic hydroxyl groups is 1. The van der Waals surface area contributed by atoms with Crippen molar-refractivity contribution in [1.29, 1.82) is 0 Å². The Hall–Kier alpha value is -2.53. The molecule has 0 unspecified atom stereocenters. The zero-order valence-corrected chi connectivity index (χ0v) is 12.7. The van der Waals surface area contributed by atoms with Crippen molar-refractivity contribution < 1.29 is 14.6 Å². The Morgan fingerprint density at radius 1 is 1.09 bits per heavy atom. The number of rotatable bonds is 4. The highest BCUT2D eigenvalue weighted by Crippen LogP contribution is 2.11. The van der Waals surface area contributed by atoms with Gasteiger partial charge in [-0.05, 0) is 43.2 Å². The van der Waals surface area contributed by atoms with Gasteiger partial charge in [0.1, 0.15) is 0 Å². The summed E-state index contributed by atoms with van der Waals surface area (Å²) in [6.07, 6.45) is 0.709. The molecule has 5 N–H and O–H groups in total. The number of anilines is 2. The van der Waals surface area contributed by atoms with E-state index in [1.165, 1.54) is 0 Å². The van der Waals surface area contributed by atoms with E-state index in [9.17, 15) is 4.79 Å². The maximum Gasteiger partial charge on any atom is 0.340 e. The fraction of sp³-hybridized carbons (Fsp3) is 0.235. The van der Waals surface area contributed by atoms with Gasteiger partial charge in [0.2, 0.25) is 0 Å². The first-order chi connectivity index (χ1) is 10.6. The van der Waals surface area contributed by atoms with Gasteiger partial charge >= 0.3 is 5.97 Å². The van der Waals surface area contributed by atoms with E-state index in [0.717, 1.165) is 11.3 Å². The molecule has 0 aliphatic carbocycles. The molecule has 0 spiro atoms. The standard InChI is InChI=1S/C9H11NO2.C8H11NO/c1-2-12-9(11)7-5-3-4-6-8(7)10;9-8-3-1-7(2-4-8)5-6-10/h3-6H,2,10H2,1H3;1-4,10H,5-6,9H2. The highest BCUT2D eigenvalue weighted by molar-refractivity contribution is 5.94. The molecule has 0 fully saturated rings. The van der Waals surface area contributed by atoms with E-state index in [1.54, 1.807) is 31.2 Å². The van der Waals surface area contributed by atoms with Crippen molar-refractivity contribution in [2.75, 3.05) is 24.7 Å². The first kappa shape index (κ1) is 17.5. The number of para-hydroxylation sites is 1. The van der Waals surface area contributed by atoms with Crippen molar-refractivity contribution in [2.45, 2.75) is 13.3 Å². The molecule has 0 aliphatic heterocycles. The van der Waals surface area contributed by atoms with E-state index in [0.29, 0.717) is 24.3 Å². The van der Waals surface area contributed by atoms with Crippen molar-refractivity contribution in [3.63, 3.8) is 0 Å². The molecule has 2 rings (SSSR count). The minimum atomic E-state index is -0.365. The third kappa shape index (κ3) is 5.85. The van der Waals surface area contributed by atoms with Crippen LogP contribution in [0.1, 0.15) is 22.8 Å². The fourth-order valence-electron chi connectivity index (χ4n) is 1.71.